The molecule has 0 N–H and O–H groups in total. The SMILES string of the molecule is C/C=C\C(=C/C1CCCC1C)c1cc(C2=C/C(CC)CCCC/C=C\2)cc(-c2cccc(-c3cc(C4=CC=CC5CCCN4C5)cc(/C(C)=C/C=C\C(CC)CCCC)c3)c2)c1. The Bertz CT molecular complexity index is 2190. The molecule has 2 heterocycles. The van der Waals surface area contributed by atoms with Gasteiger partial charge in [-0.1, -0.05) is 145 Å². The van der Waals surface area contributed by atoms with Crippen LogP contribution in [0.25, 0.3) is 44.7 Å². The summed E-state index contributed by atoms with van der Waals surface area (Å²) >= 11 is 0. The molecule has 0 spiro atoms. The van der Waals surface area contributed by atoms with Gasteiger partial charge in [0.1, 0.15) is 0 Å². The molecular weight excluding hydrogens is 747 g/mol. The van der Waals surface area contributed by atoms with E-state index in [9.17, 15) is 0 Å². The second kappa shape index (κ2) is 22.6. The quantitative estimate of drug-likeness (QED) is 0.138. The van der Waals surface area contributed by atoms with Crippen LogP contribution in [0.2, 0.25) is 0 Å². The zero-order valence-electron chi connectivity index (χ0n) is 39.3. The van der Waals surface area contributed by atoms with Gasteiger partial charge in [0.15, 0.2) is 0 Å². The van der Waals surface area contributed by atoms with Crippen molar-refractivity contribution in [1.82, 2.24) is 4.90 Å². The summed E-state index contributed by atoms with van der Waals surface area (Å²) in [6.45, 7) is 16.1. The lowest BCUT2D eigenvalue weighted by atomic mass is 9.87. The number of hydrogen-bond donors (Lipinski definition) is 0. The minimum atomic E-state index is 0.603. The van der Waals surface area contributed by atoms with Crippen LogP contribution in [-0.2, 0) is 0 Å². The van der Waals surface area contributed by atoms with Crippen LogP contribution in [0.15, 0.2) is 134 Å². The van der Waals surface area contributed by atoms with Crippen molar-refractivity contribution in [2.24, 2.45) is 29.6 Å². The second-order valence-electron chi connectivity index (χ2n) is 19.2. The summed E-state index contributed by atoms with van der Waals surface area (Å²) in [5.41, 5.74) is 15.8. The van der Waals surface area contributed by atoms with Gasteiger partial charge in [-0.05, 0) is 211 Å². The van der Waals surface area contributed by atoms with E-state index >= 15 is 0 Å². The smallest absolute Gasteiger partial charge is 0.0440 e. The second-order valence-corrected chi connectivity index (χ2v) is 19.2. The number of fused-ring (bicyclic) bond motifs is 2. The first kappa shape index (κ1) is 45.4. The van der Waals surface area contributed by atoms with E-state index in [1.54, 1.807) is 0 Å². The van der Waals surface area contributed by atoms with Crippen LogP contribution in [0.5, 0.6) is 0 Å². The van der Waals surface area contributed by atoms with Gasteiger partial charge >= 0.3 is 0 Å². The Labute approximate surface area is 377 Å². The highest BCUT2D eigenvalue weighted by Gasteiger charge is 2.24. The molecule has 2 aliphatic carbocycles. The molecule has 62 heavy (non-hydrogen) atoms. The van der Waals surface area contributed by atoms with Crippen LogP contribution in [0.4, 0.5) is 0 Å². The van der Waals surface area contributed by atoms with E-state index in [2.05, 4.69) is 180 Å². The molecule has 1 heteroatoms. The van der Waals surface area contributed by atoms with Crippen LogP contribution in [0, 0.1) is 29.6 Å². The largest absolute Gasteiger partial charge is 0.370 e. The van der Waals surface area contributed by atoms with Gasteiger partial charge in [-0.3, -0.25) is 0 Å². The number of allylic oxidation sites excluding steroid dienone is 14. The Kier molecular flexibility index (Phi) is 16.6. The fraction of sp³-hybridized carbons (Fsp3) is 0.443. The lowest BCUT2D eigenvalue weighted by molar-refractivity contribution is 0.281. The normalized spacial score (nSPS) is 24.3. The van der Waals surface area contributed by atoms with Crippen LogP contribution in [-0.4, -0.2) is 18.0 Å². The summed E-state index contributed by atoms with van der Waals surface area (Å²) in [5.74, 6) is 3.25. The van der Waals surface area contributed by atoms with Crippen LogP contribution < -0.4 is 0 Å². The molecule has 3 aromatic carbocycles. The van der Waals surface area contributed by atoms with Gasteiger partial charge in [-0.25, -0.2) is 0 Å². The first-order valence-corrected chi connectivity index (χ1v) is 25.0. The van der Waals surface area contributed by atoms with Crippen LogP contribution >= 0.6 is 0 Å². The molecule has 1 nitrogen and oxygen atoms in total. The molecule has 0 aromatic heterocycles. The molecule has 2 fully saturated rings. The Balaban J connectivity index is 1.34. The van der Waals surface area contributed by atoms with Gasteiger partial charge in [-0.2, -0.15) is 0 Å². The molecule has 1 saturated heterocycles. The third-order valence-corrected chi connectivity index (χ3v) is 14.5. The molecule has 2 aliphatic heterocycles. The zero-order chi connectivity index (χ0) is 43.3. The predicted molar refractivity (Wildman–Crippen MR) is 273 cm³/mol. The topological polar surface area (TPSA) is 3.24 Å². The third-order valence-electron chi connectivity index (χ3n) is 14.5. The van der Waals surface area contributed by atoms with Crippen LogP contribution in [0.3, 0.4) is 0 Å². The molecule has 5 unspecified atom stereocenters. The van der Waals surface area contributed by atoms with Gasteiger partial charge in [0, 0.05) is 18.8 Å². The monoisotopic (exact) mass is 824 g/mol. The van der Waals surface area contributed by atoms with Crippen molar-refractivity contribution in [2.45, 2.75) is 131 Å². The van der Waals surface area contributed by atoms with Crippen molar-refractivity contribution in [1.29, 1.82) is 0 Å². The van der Waals surface area contributed by atoms with Crippen molar-refractivity contribution >= 4 is 22.4 Å². The number of nitrogens with zero attached hydrogens (tertiary/aromatic N) is 1. The number of unbranched alkanes of at least 4 members (excludes halogenated alkanes) is 1. The lowest BCUT2D eigenvalue weighted by Crippen LogP contribution is -2.32. The van der Waals surface area contributed by atoms with Crippen molar-refractivity contribution in [3.63, 3.8) is 0 Å². The summed E-state index contributed by atoms with van der Waals surface area (Å²) in [6, 6.07) is 24.2. The number of rotatable bonds is 15. The maximum Gasteiger partial charge on any atom is 0.0440 e. The van der Waals surface area contributed by atoms with Gasteiger partial charge in [0.2, 0.25) is 0 Å². The highest BCUT2D eigenvalue weighted by molar-refractivity contribution is 5.86. The Morgan fingerprint density at radius 2 is 1.60 bits per heavy atom. The van der Waals surface area contributed by atoms with Gasteiger partial charge < -0.3 is 4.90 Å². The van der Waals surface area contributed by atoms with Crippen LogP contribution in [0.1, 0.15) is 154 Å². The minimum absolute atomic E-state index is 0.603. The molecule has 2 bridgehead atoms. The van der Waals surface area contributed by atoms with Gasteiger partial charge in [0.05, 0.1) is 0 Å². The first-order chi connectivity index (χ1) is 30.3. The zero-order valence-corrected chi connectivity index (χ0v) is 39.3. The van der Waals surface area contributed by atoms with E-state index in [0.29, 0.717) is 23.7 Å². The lowest BCUT2D eigenvalue weighted by Gasteiger charge is -2.34. The number of piperidine rings is 1. The standard InChI is InChI=1S/C61H77N/c1-7-11-24-47(9-3)26-16-22-46(6)55-38-56(43-60(39-55)61-33-18-27-49-28-20-34-62(61)44-49)53-31-19-32-54(37-53)59-41-57(51(21-8-2)36-50-30-17-23-45(50)5)40-58(42-59)52-29-15-13-12-14-25-48(10-4)35-52/h8,15-16,18-19,21-22,26-27,29,31-33,35-43,45,47-50H,7,9-14,17,20,23-25,28,30,34,44H2,1-6H3/b21-8-,26-16-,29-15-,46-22+,51-36+,52-35+. The van der Waals surface area contributed by atoms with Crippen molar-refractivity contribution in [2.75, 3.05) is 13.1 Å². The number of benzene rings is 3. The van der Waals surface area contributed by atoms with Crippen molar-refractivity contribution in [3.8, 4) is 22.3 Å². The molecule has 4 aliphatic rings. The highest BCUT2D eigenvalue weighted by atomic mass is 15.1. The molecule has 5 atom stereocenters. The molecule has 1 saturated carbocycles. The molecular formula is C61H77N. The Hall–Kier alpha value is -4.62. The predicted octanol–water partition coefficient (Wildman–Crippen LogP) is 17.8. The molecule has 326 valence electrons. The first-order valence-electron chi connectivity index (χ1n) is 25.0. The Morgan fingerprint density at radius 1 is 0.823 bits per heavy atom. The average molecular weight is 824 g/mol. The number of hydrogen-bond acceptors (Lipinski definition) is 1. The minimum Gasteiger partial charge on any atom is -0.370 e. The van der Waals surface area contributed by atoms with E-state index in [4.69, 9.17) is 0 Å². The maximum atomic E-state index is 2.64. The summed E-state index contributed by atoms with van der Waals surface area (Å²) in [6.07, 6.45) is 46.6. The van der Waals surface area contributed by atoms with Crippen molar-refractivity contribution < 1.29 is 0 Å². The van der Waals surface area contributed by atoms with E-state index in [-0.39, 0.29) is 0 Å². The maximum absolute atomic E-state index is 2.64. The fourth-order valence-corrected chi connectivity index (χ4v) is 10.5. The molecule has 0 amide bonds. The molecule has 3 aromatic rings. The van der Waals surface area contributed by atoms with E-state index in [1.165, 1.54) is 150 Å². The van der Waals surface area contributed by atoms with E-state index in [1.807, 2.05) is 0 Å². The summed E-state index contributed by atoms with van der Waals surface area (Å²) in [5, 5.41) is 0. The molecule has 0 radical (unpaired) electrons. The molecule has 7 rings (SSSR count). The van der Waals surface area contributed by atoms with Crippen molar-refractivity contribution in [3.05, 3.63) is 156 Å². The Morgan fingerprint density at radius 3 is 2.35 bits per heavy atom. The summed E-state index contributed by atoms with van der Waals surface area (Å²) < 4.78 is 0. The summed E-state index contributed by atoms with van der Waals surface area (Å²) in [4.78, 5) is 2.64. The summed E-state index contributed by atoms with van der Waals surface area (Å²) in [7, 11) is 0. The fourth-order valence-electron chi connectivity index (χ4n) is 10.5. The van der Waals surface area contributed by atoms with Gasteiger partial charge in [-0.15, -0.1) is 0 Å². The van der Waals surface area contributed by atoms with E-state index in [0.717, 1.165) is 25.4 Å². The average Bonchev–Trinajstić information content (AvgIpc) is 3.70. The van der Waals surface area contributed by atoms with E-state index < -0.39 is 0 Å². The van der Waals surface area contributed by atoms with Gasteiger partial charge in [0.25, 0.3) is 0 Å². The third kappa shape index (κ3) is 11.9. The highest BCUT2D eigenvalue weighted by Crippen LogP contribution is 2.39.